The third kappa shape index (κ3) is 13.8. The Hall–Kier alpha value is -3.19. The summed E-state index contributed by atoms with van der Waals surface area (Å²) in [6, 6.07) is 19.5. The first-order valence-corrected chi connectivity index (χ1v) is 25.3. The van der Waals surface area contributed by atoms with Crippen molar-refractivity contribution in [3.05, 3.63) is 84.2 Å². The number of carbonyl (C=O) groups excluding carboxylic acids is 2. The average molecular weight is 966 g/mol. The molecule has 6 heterocycles. The Balaban J connectivity index is 0.000000195. The molecule has 67 heavy (non-hydrogen) atoms. The van der Waals surface area contributed by atoms with Crippen LogP contribution in [0.1, 0.15) is 111 Å². The lowest BCUT2D eigenvalue weighted by molar-refractivity contribution is -0.144. The van der Waals surface area contributed by atoms with Crippen molar-refractivity contribution in [1.82, 2.24) is 30.0 Å². The van der Waals surface area contributed by atoms with E-state index in [1.54, 1.807) is 17.3 Å². The van der Waals surface area contributed by atoms with E-state index in [4.69, 9.17) is 0 Å². The molecule has 2 aromatic heterocycles. The van der Waals surface area contributed by atoms with Gasteiger partial charge in [-0.3, -0.25) is 24.5 Å². The maximum absolute atomic E-state index is 13.0. The second kappa shape index (κ2) is 24.1. The highest BCUT2D eigenvalue weighted by atomic mass is 35.5. The fourth-order valence-electron chi connectivity index (χ4n) is 12.9. The maximum atomic E-state index is 13.0. The molecule has 0 bridgehead atoms. The lowest BCUT2D eigenvalue weighted by atomic mass is 9.78. The van der Waals surface area contributed by atoms with E-state index < -0.39 is 12.7 Å². The summed E-state index contributed by atoms with van der Waals surface area (Å²) in [6.07, 6.45) is 15.3. The van der Waals surface area contributed by atoms with Crippen molar-refractivity contribution in [1.29, 1.82) is 0 Å². The lowest BCUT2D eigenvalue weighted by Crippen LogP contribution is -2.41. The molecule has 2 saturated carbocycles. The predicted molar refractivity (Wildman–Crippen MR) is 267 cm³/mol. The van der Waals surface area contributed by atoms with Crippen molar-refractivity contribution >= 4 is 58.2 Å². The van der Waals surface area contributed by atoms with Gasteiger partial charge in [0.25, 0.3) is 0 Å². The highest BCUT2D eigenvalue weighted by Crippen LogP contribution is 2.38. The van der Waals surface area contributed by atoms with Crippen LogP contribution in [0.2, 0.25) is 0 Å². The number of rotatable bonds is 13. The average Bonchev–Trinajstić information content (AvgIpc) is 3.96. The SMILES string of the molecule is Cl.Cl.O=C(CC1CCC(CCN2CC[C@H]3CN(CC(F)(F)F)C[C@@H]3C2)CC1)c1cccc2ncccc12.O=C(CC1CCC(CCN2CC[C@H]3CNC[C@@H]3C2)CC1)c1cccc2ncccc12. The van der Waals surface area contributed by atoms with Gasteiger partial charge in [0.1, 0.15) is 0 Å². The molecule has 4 aliphatic heterocycles. The number of ketones is 2. The van der Waals surface area contributed by atoms with Crippen LogP contribution in [0, 0.1) is 47.3 Å². The molecule has 4 saturated heterocycles. The van der Waals surface area contributed by atoms with Crippen LogP contribution >= 0.6 is 24.8 Å². The molecule has 6 fully saturated rings. The van der Waals surface area contributed by atoms with E-state index in [9.17, 15) is 22.8 Å². The van der Waals surface area contributed by atoms with E-state index in [-0.39, 0.29) is 30.6 Å². The summed E-state index contributed by atoms with van der Waals surface area (Å²) in [5.41, 5.74) is 3.44. The summed E-state index contributed by atoms with van der Waals surface area (Å²) in [5, 5.41) is 5.52. The third-order valence-corrected chi connectivity index (χ3v) is 16.6. The molecule has 1 N–H and O–H groups in total. The number of piperidine rings is 2. The van der Waals surface area contributed by atoms with Gasteiger partial charge in [0.2, 0.25) is 0 Å². The van der Waals surface area contributed by atoms with Crippen LogP contribution in [-0.4, -0.2) is 114 Å². The summed E-state index contributed by atoms with van der Waals surface area (Å²) in [4.78, 5) is 41.6. The molecule has 13 heteroatoms. The molecule has 0 unspecified atom stereocenters. The Morgan fingerprint density at radius 1 is 0.537 bits per heavy atom. The molecule has 6 aliphatic rings. The number of alkyl halides is 3. The van der Waals surface area contributed by atoms with E-state index in [0.29, 0.717) is 61.3 Å². The molecule has 2 aliphatic carbocycles. The van der Waals surface area contributed by atoms with Gasteiger partial charge in [-0.25, -0.2) is 0 Å². The summed E-state index contributed by atoms with van der Waals surface area (Å²) >= 11 is 0. The number of nitrogens with one attached hydrogen (secondary N) is 1. The summed E-state index contributed by atoms with van der Waals surface area (Å²) in [6.45, 7) is 9.82. The minimum absolute atomic E-state index is 0. The number of carbonyl (C=O) groups is 2. The van der Waals surface area contributed by atoms with Gasteiger partial charge in [0.15, 0.2) is 11.6 Å². The smallest absolute Gasteiger partial charge is 0.316 e. The molecule has 10 rings (SSSR count). The number of hydrogen-bond donors (Lipinski definition) is 1. The summed E-state index contributed by atoms with van der Waals surface area (Å²) < 4.78 is 38.3. The monoisotopic (exact) mass is 965 g/mol. The normalized spacial score (nSPS) is 28.1. The van der Waals surface area contributed by atoms with Gasteiger partial charge in [0.05, 0.1) is 17.6 Å². The van der Waals surface area contributed by atoms with Crippen LogP contribution in [0.3, 0.4) is 0 Å². The van der Waals surface area contributed by atoms with Crippen molar-refractivity contribution < 1.29 is 22.8 Å². The Labute approximate surface area is 408 Å². The highest BCUT2D eigenvalue weighted by Gasteiger charge is 2.41. The number of aromatic nitrogens is 2. The maximum Gasteiger partial charge on any atom is 0.401 e. The molecule has 0 radical (unpaired) electrons. The van der Waals surface area contributed by atoms with E-state index in [1.807, 2.05) is 60.7 Å². The third-order valence-electron chi connectivity index (χ3n) is 16.6. The van der Waals surface area contributed by atoms with E-state index >= 15 is 0 Å². The minimum atomic E-state index is -4.09. The van der Waals surface area contributed by atoms with E-state index in [0.717, 1.165) is 89.6 Å². The van der Waals surface area contributed by atoms with Crippen LogP contribution in [0.25, 0.3) is 21.8 Å². The van der Waals surface area contributed by atoms with Crippen LogP contribution in [0.4, 0.5) is 13.2 Å². The number of nitrogens with zero attached hydrogens (tertiary/aromatic N) is 5. The number of likely N-dealkylation sites (tertiary alicyclic amines) is 3. The van der Waals surface area contributed by atoms with Crippen molar-refractivity contribution in [2.75, 3.05) is 72.0 Å². The van der Waals surface area contributed by atoms with Gasteiger partial charge in [0, 0.05) is 73.3 Å². The zero-order valence-electron chi connectivity index (χ0n) is 39.2. The number of fused-ring (bicyclic) bond motifs is 4. The molecule has 4 atom stereocenters. The summed E-state index contributed by atoms with van der Waals surface area (Å²) in [5.74, 6) is 5.74. The largest absolute Gasteiger partial charge is 0.401 e. The van der Waals surface area contributed by atoms with Crippen LogP contribution in [0.5, 0.6) is 0 Å². The first-order valence-electron chi connectivity index (χ1n) is 25.3. The van der Waals surface area contributed by atoms with Gasteiger partial charge < -0.3 is 15.1 Å². The fraction of sp³-hybridized carbons (Fsp3) is 0.630. The van der Waals surface area contributed by atoms with Crippen LogP contribution in [-0.2, 0) is 0 Å². The highest BCUT2D eigenvalue weighted by molar-refractivity contribution is 6.08. The number of Topliss-reactive ketones (excluding diaryl/α,β-unsaturated/α-hetero) is 2. The molecule has 366 valence electrons. The van der Waals surface area contributed by atoms with Crippen molar-refractivity contribution in [2.24, 2.45) is 47.3 Å². The number of hydrogen-bond acceptors (Lipinski definition) is 8. The first-order chi connectivity index (χ1) is 31.6. The van der Waals surface area contributed by atoms with E-state index in [2.05, 4.69) is 25.1 Å². The van der Waals surface area contributed by atoms with Gasteiger partial charge in [-0.15, -0.1) is 24.8 Å². The number of halogens is 5. The lowest BCUT2D eigenvalue weighted by Gasteiger charge is -2.36. The Bertz CT molecular complexity index is 2200. The van der Waals surface area contributed by atoms with Crippen molar-refractivity contribution in [3.63, 3.8) is 0 Å². The zero-order valence-corrected chi connectivity index (χ0v) is 40.9. The predicted octanol–water partition coefficient (Wildman–Crippen LogP) is 11.2. The minimum Gasteiger partial charge on any atom is -0.316 e. The molecule has 4 aromatic rings. The first kappa shape index (κ1) is 51.7. The van der Waals surface area contributed by atoms with Crippen molar-refractivity contribution in [2.45, 2.75) is 96.1 Å². The van der Waals surface area contributed by atoms with Crippen molar-refractivity contribution in [3.8, 4) is 0 Å². The van der Waals surface area contributed by atoms with Gasteiger partial charge >= 0.3 is 6.18 Å². The molecular formula is C54H73Cl2F3N6O2. The zero-order chi connectivity index (χ0) is 44.8. The van der Waals surface area contributed by atoms with E-state index in [1.165, 1.54) is 90.5 Å². The van der Waals surface area contributed by atoms with Gasteiger partial charge in [-0.1, -0.05) is 62.1 Å². The molecule has 8 nitrogen and oxygen atoms in total. The van der Waals surface area contributed by atoms with Crippen LogP contribution in [0.15, 0.2) is 73.1 Å². The second-order valence-corrected chi connectivity index (χ2v) is 21.0. The fourth-order valence-corrected chi connectivity index (χ4v) is 12.9. The Morgan fingerprint density at radius 3 is 1.51 bits per heavy atom. The van der Waals surface area contributed by atoms with Crippen LogP contribution < -0.4 is 5.32 Å². The quantitative estimate of drug-likeness (QED) is 0.133. The standard InChI is InChI=1S/C28H36F3N3O.C26H35N3O.2ClH/c29-28(30,31)19-34-16-22-11-14-33(17-23(22)18-34)13-10-20-6-8-21(9-7-20)15-27(35)25-3-1-5-26-24(25)4-2-12-32-26;30-26(24-3-1-5-25-23(24)4-2-12-28-25)15-20-8-6-19(7-9-20)10-13-29-14-11-21-16-27-17-22(21)18-29;;/h1-5,12,20-23H,6-11,13-19H2;1-5,12,19-22,27H,6-11,13-18H2;2*1H/t20?,21?,22-,23-;19?,20?,21-,22+;;/m00../s1. The van der Waals surface area contributed by atoms with Gasteiger partial charge in [-0.2, -0.15) is 13.2 Å². The number of pyridine rings is 2. The molecule has 2 aromatic carbocycles. The van der Waals surface area contributed by atoms with Gasteiger partial charge in [-0.05, 0) is 162 Å². The molecule has 0 spiro atoms. The topological polar surface area (TPSA) is 81.7 Å². The molecule has 0 amide bonds. The Morgan fingerprint density at radius 2 is 0.985 bits per heavy atom. The number of benzene rings is 2. The molecular weight excluding hydrogens is 893 g/mol. The summed E-state index contributed by atoms with van der Waals surface area (Å²) in [7, 11) is 0. The Kier molecular flexibility index (Phi) is 18.6. The second-order valence-electron chi connectivity index (χ2n) is 21.0.